The van der Waals surface area contributed by atoms with Gasteiger partial charge in [0.1, 0.15) is 23.6 Å². The van der Waals surface area contributed by atoms with E-state index in [4.69, 9.17) is 47.4 Å². The first kappa shape index (κ1) is 63.4. The predicted molar refractivity (Wildman–Crippen MR) is 317 cm³/mol. The molecule has 8 aliphatic heterocycles. The number of esters is 2. The van der Waals surface area contributed by atoms with Gasteiger partial charge >= 0.3 is 11.9 Å². The van der Waals surface area contributed by atoms with Crippen LogP contribution < -0.4 is 53.3 Å². The number of aromatic hydroxyl groups is 1. The van der Waals surface area contributed by atoms with Crippen molar-refractivity contribution in [2.45, 2.75) is 156 Å². The summed E-state index contributed by atoms with van der Waals surface area (Å²) in [6.45, 7) is 13.7. The Balaban J connectivity index is 0.000000203. The lowest BCUT2D eigenvalue weighted by Crippen LogP contribution is -2.68. The van der Waals surface area contributed by atoms with Gasteiger partial charge in [-0.2, -0.15) is 10.5 Å². The second kappa shape index (κ2) is 24.6. The van der Waals surface area contributed by atoms with Crippen LogP contribution in [0.4, 0.5) is 0 Å². The Labute approximate surface area is 508 Å². The Hall–Kier alpha value is -8.06. The molecule has 23 heteroatoms. The summed E-state index contributed by atoms with van der Waals surface area (Å²) in [5.74, 6) is 3.39. The molecule has 0 spiro atoms. The molecular formula is C64H80N8O15. The topological polar surface area (TPSA) is 265 Å². The van der Waals surface area contributed by atoms with Crippen LogP contribution in [0.5, 0.6) is 57.5 Å². The van der Waals surface area contributed by atoms with Gasteiger partial charge in [-0.3, -0.25) is 38.8 Å². The molecule has 2 amide bonds. The summed E-state index contributed by atoms with van der Waals surface area (Å²) in [7, 11) is 8.77. The molecule has 4 aromatic carbocycles. The van der Waals surface area contributed by atoms with Crippen LogP contribution in [-0.4, -0.2) is 154 Å². The van der Waals surface area contributed by atoms with Gasteiger partial charge in [-0.25, -0.2) is 0 Å². The zero-order valence-corrected chi connectivity index (χ0v) is 50.1. The van der Waals surface area contributed by atoms with Crippen molar-refractivity contribution >= 4 is 23.8 Å². The van der Waals surface area contributed by atoms with Crippen LogP contribution in [0.25, 0.3) is 0 Å². The molecule has 10 atom stereocenters. The molecule has 0 aromatic heterocycles. The number of aryl methyl sites for hydroxylation is 2. The molecule has 8 aliphatic rings. The van der Waals surface area contributed by atoms with Gasteiger partial charge in [0.15, 0.2) is 52.8 Å². The molecule has 4 bridgehead atoms. The largest absolute Gasteiger partial charge is 0.504 e. The number of likely N-dealkylation sites (N-methyl/N-ethyl adjacent to an activating group) is 2. The van der Waals surface area contributed by atoms with E-state index < -0.39 is 36.1 Å². The van der Waals surface area contributed by atoms with Crippen molar-refractivity contribution in [3.63, 3.8) is 0 Å². The van der Waals surface area contributed by atoms with E-state index in [9.17, 15) is 34.8 Å². The zero-order valence-electron chi connectivity index (χ0n) is 50.1. The number of hydrogen-bond donors (Lipinski definition) is 3. The number of piperazine rings is 2. The van der Waals surface area contributed by atoms with Crippen LogP contribution in [0.15, 0.2) is 12.1 Å². The normalized spacial score (nSPS) is 24.7. The fraction of sp³-hybridized carbons (Fsp3) is 0.531. The van der Waals surface area contributed by atoms with Crippen molar-refractivity contribution in [2.24, 2.45) is 0 Å². The summed E-state index contributed by atoms with van der Waals surface area (Å²) in [4.78, 5) is 58.0. The van der Waals surface area contributed by atoms with E-state index in [0.29, 0.717) is 88.6 Å². The van der Waals surface area contributed by atoms with Gasteiger partial charge in [0.2, 0.25) is 25.4 Å². The number of methoxy groups -OCH3 is 3. The number of ether oxygens (including phenoxy) is 10. The van der Waals surface area contributed by atoms with E-state index in [1.807, 2.05) is 47.9 Å². The summed E-state index contributed by atoms with van der Waals surface area (Å²) >= 11 is 0. The lowest BCUT2D eigenvalue weighted by atomic mass is 9.71. The van der Waals surface area contributed by atoms with Gasteiger partial charge < -0.3 is 63.1 Å². The average Bonchev–Trinajstić information content (AvgIpc) is 0.994. The number of benzene rings is 4. The SMILES string of the molecule is C.C.COCOc1c(OC)c(C)cc2c1[C@@H]1C3Cc4c(OC(C)=O)c(C)c5c(c4[C@H](CNC(C)=O)N3[C@@H](C#N)[C@H](C2)N1C)OCO5.COc1c(C)cc2c(c1O)[C@@H]1C3Cc4c(OC(C)=O)c(C)c5c(c4[C@H](CNC(C)=O)N3[C@@H](C#N)[C@H](C2)N1C)OCO5. The first-order valence-electron chi connectivity index (χ1n) is 28.5. The van der Waals surface area contributed by atoms with Gasteiger partial charge in [-0.05, 0) is 89.7 Å². The van der Waals surface area contributed by atoms with E-state index in [0.717, 1.165) is 55.6 Å². The van der Waals surface area contributed by atoms with Gasteiger partial charge in [0, 0.05) is 117 Å². The summed E-state index contributed by atoms with van der Waals surface area (Å²) in [5.41, 5.74) is 9.99. The number of amides is 2. The van der Waals surface area contributed by atoms with Crippen LogP contribution in [0.1, 0.15) is 133 Å². The number of rotatable bonds is 11. The highest BCUT2D eigenvalue weighted by atomic mass is 16.7. The van der Waals surface area contributed by atoms with Crippen molar-refractivity contribution in [2.75, 3.05) is 68.9 Å². The summed E-state index contributed by atoms with van der Waals surface area (Å²) in [5, 5.41) is 38.9. The number of fused-ring (bicyclic) bond motifs is 18. The van der Waals surface area contributed by atoms with Crippen molar-refractivity contribution < 1.29 is 71.7 Å². The van der Waals surface area contributed by atoms with Crippen LogP contribution in [0.3, 0.4) is 0 Å². The molecule has 0 saturated carbocycles. The fourth-order valence-electron chi connectivity index (χ4n) is 15.3. The first-order valence-corrected chi connectivity index (χ1v) is 28.5. The molecule has 3 N–H and O–H groups in total. The molecular weight excluding hydrogens is 1120 g/mol. The number of phenols is 1. The average molecular weight is 1200 g/mol. The standard InChI is InChI=1S/C32H38N4O8.C30H34N4O7.2CH4/c1-15-8-19-9-21-23(11-33)36-22(27(35(21)5)25(19)31(28(15)40-7)41-13-39-6)10-20-26(24(36)12-34-17(3)37)32-30(42-14-43-32)16(2)29(20)44-18(4)38;1-13-7-17-8-19-21(10-31)34-20(25(33(19)5)23(17)26(37)27(13)38-6)9-18-24(22(34)11-32-15(3)35)30-29(39-12-40-30)14(2)28(18)41-16(4)36;;/h8,21-24,27H,9-10,12-14H2,1-7H3,(H,34,37);7,19-22,25,37H,8-9,11-12H2,1-6H3,(H,32,35);2*1H4/t21-,22?,23-,24-,27-;19-,20?,21-,22-,25-;;/m00../s1. The summed E-state index contributed by atoms with van der Waals surface area (Å²) in [6.07, 6.45) is 2.01. The van der Waals surface area contributed by atoms with Gasteiger partial charge in [-0.15, -0.1) is 0 Å². The zero-order chi connectivity index (χ0) is 60.8. The Morgan fingerprint density at radius 1 is 0.586 bits per heavy atom. The number of carbonyl (C=O) groups excluding carboxylic acids is 4. The van der Waals surface area contributed by atoms with E-state index in [1.165, 1.54) is 27.7 Å². The Bertz CT molecular complexity index is 3540. The van der Waals surface area contributed by atoms with Crippen molar-refractivity contribution in [1.29, 1.82) is 10.5 Å². The van der Waals surface area contributed by atoms with Gasteiger partial charge in [-0.1, -0.05) is 27.0 Å². The van der Waals surface area contributed by atoms with E-state index in [1.54, 1.807) is 21.3 Å². The maximum absolute atomic E-state index is 12.4. The number of nitrogens with one attached hydrogen (secondary N) is 2. The van der Waals surface area contributed by atoms with Crippen LogP contribution in [0.2, 0.25) is 0 Å². The Morgan fingerprint density at radius 3 is 1.40 bits per heavy atom. The molecule has 87 heavy (non-hydrogen) atoms. The van der Waals surface area contributed by atoms with Crippen molar-refractivity contribution in [3.05, 3.63) is 78.9 Å². The van der Waals surface area contributed by atoms with E-state index >= 15 is 0 Å². The highest BCUT2D eigenvalue weighted by Crippen LogP contribution is 2.61. The van der Waals surface area contributed by atoms with Crippen molar-refractivity contribution in [3.8, 4) is 69.6 Å². The number of phenolic OH excluding ortho intramolecular Hbond substituents is 1. The second-order valence-electron chi connectivity index (χ2n) is 23.1. The van der Waals surface area contributed by atoms with E-state index in [-0.39, 0.29) is 102 Å². The Kier molecular flexibility index (Phi) is 17.9. The molecule has 2 saturated heterocycles. The second-order valence-corrected chi connectivity index (χ2v) is 23.1. The van der Waals surface area contributed by atoms with Crippen LogP contribution in [0, 0.1) is 50.4 Å². The third-order valence-corrected chi connectivity index (χ3v) is 18.4. The minimum atomic E-state index is -0.540. The quantitative estimate of drug-likeness (QED) is 0.0800. The molecule has 0 aliphatic carbocycles. The lowest BCUT2D eigenvalue weighted by Gasteiger charge is -2.60. The molecule has 466 valence electrons. The first-order chi connectivity index (χ1) is 40.7. The number of hydrogen-bond acceptors (Lipinski definition) is 21. The lowest BCUT2D eigenvalue weighted by molar-refractivity contribution is -0.133. The fourth-order valence-corrected chi connectivity index (χ4v) is 15.3. The smallest absolute Gasteiger partial charge is 0.308 e. The highest BCUT2D eigenvalue weighted by molar-refractivity contribution is 5.77. The summed E-state index contributed by atoms with van der Waals surface area (Å²) < 4.78 is 58.5. The van der Waals surface area contributed by atoms with Gasteiger partial charge in [0.05, 0.1) is 50.5 Å². The minimum absolute atomic E-state index is 0. The Morgan fingerprint density at radius 2 is 1.00 bits per heavy atom. The number of nitrogens with zero attached hydrogens (tertiary/aromatic N) is 6. The summed E-state index contributed by atoms with van der Waals surface area (Å²) in [6, 6.07) is 5.86. The monoisotopic (exact) mass is 1200 g/mol. The van der Waals surface area contributed by atoms with Crippen LogP contribution >= 0.6 is 0 Å². The molecule has 2 fully saturated rings. The third-order valence-electron chi connectivity index (χ3n) is 18.4. The third kappa shape index (κ3) is 10.2. The number of nitriles is 2. The highest BCUT2D eigenvalue weighted by Gasteiger charge is 2.59. The minimum Gasteiger partial charge on any atom is -0.504 e. The van der Waals surface area contributed by atoms with Gasteiger partial charge in [0.25, 0.3) is 0 Å². The number of carbonyl (C=O) groups is 4. The predicted octanol–water partition coefficient (Wildman–Crippen LogP) is 6.71. The van der Waals surface area contributed by atoms with Crippen LogP contribution in [-0.2, 0) is 49.6 Å². The molecule has 4 aromatic rings. The van der Waals surface area contributed by atoms with Crippen molar-refractivity contribution in [1.82, 2.24) is 30.2 Å². The maximum Gasteiger partial charge on any atom is 0.308 e. The molecule has 0 radical (unpaired) electrons. The molecule has 2 unspecified atom stereocenters. The molecule has 12 rings (SSSR count). The maximum atomic E-state index is 12.4. The molecule has 23 nitrogen and oxygen atoms in total. The van der Waals surface area contributed by atoms with E-state index in [2.05, 4.69) is 48.4 Å². The molecule has 8 heterocycles.